The molecule has 1 heterocycles. The summed E-state index contributed by atoms with van der Waals surface area (Å²) in [7, 11) is 1.64. The lowest BCUT2D eigenvalue weighted by Crippen LogP contribution is -2.22. The molecule has 0 bridgehead atoms. The van der Waals surface area contributed by atoms with Gasteiger partial charge in [-0.25, -0.2) is 4.98 Å². The largest absolute Gasteiger partial charge is 0.497 e. The second-order valence-electron chi connectivity index (χ2n) is 7.79. The van der Waals surface area contributed by atoms with E-state index in [4.69, 9.17) is 9.72 Å². The molecule has 35 heavy (non-hydrogen) atoms. The molecule has 0 aliphatic heterocycles. The van der Waals surface area contributed by atoms with Gasteiger partial charge in [-0.3, -0.25) is 9.36 Å². The lowest BCUT2D eigenvalue weighted by molar-refractivity contribution is 0.415. The van der Waals surface area contributed by atoms with E-state index < -0.39 is 0 Å². The van der Waals surface area contributed by atoms with Gasteiger partial charge in [0.15, 0.2) is 0 Å². The summed E-state index contributed by atoms with van der Waals surface area (Å²) >= 11 is 0. The fraction of sp³-hybridized carbons (Fsp3) is 0.0345. The van der Waals surface area contributed by atoms with Gasteiger partial charge in [-0.1, -0.05) is 48.5 Å². The molecule has 0 amide bonds. The van der Waals surface area contributed by atoms with E-state index in [2.05, 4.69) is 10.2 Å². The summed E-state index contributed by atoms with van der Waals surface area (Å²) in [6.07, 6.45) is 3.77. The summed E-state index contributed by atoms with van der Waals surface area (Å²) in [4.78, 5) is 18.2. The molecule has 170 valence electrons. The number of fused-ring (bicyclic) bond motifs is 1. The first-order valence-electron chi connectivity index (χ1n) is 11.1. The lowest BCUT2D eigenvalue weighted by Gasteiger charge is -2.11. The second-order valence-corrected chi connectivity index (χ2v) is 7.79. The molecule has 0 spiro atoms. The van der Waals surface area contributed by atoms with Crippen molar-refractivity contribution < 1.29 is 4.74 Å². The number of rotatable bonds is 6. The molecule has 0 aliphatic rings. The number of para-hydroxylation sites is 1. The van der Waals surface area contributed by atoms with Gasteiger partial charge in [-0.15, -0.1) is 0 Å². The Morgan fingerprint density at radius 1 is 0.743 bits per heavy atom. The number of nitrogens with zero attached hydrogens (tertiary/aromatic N) is 4. The SMILES string of the molecule is COc1ccc(/C=C/c2nc3ccccc3c(=O)n2-c2ccc(N=Nc3ccccc3)cc2)cc1. The molecule has 0 fully saturated rings. The summed E-state index contributed by atoms with van der Waals surface area (Å²) in [6.45, 7) is 0. The lowest BCUT2D eigenvalue weighted by atomic mass is 10.2. The monoisotopic (exact) mass is 458 g/mol. The molecular weight excluding hydrogens is 436 g/mol. The molecule has 5 aromatic rings. The van der Waals surface area contributed by atoms with E-state index in [0.717, 1.165) is 17.0 Å². The first kappa shape index (κ1) is 22.0. The van der Waals surface area contributed by atoms with Crippen LogP contribution >= 0.6 is 0 Å². The highest BCUT2D eigenvalue weighted by Crippen LogP contribution is 2.21. The van der Waals surface area contributed by atoms with Crippen LogP contribution < -0.4 is 10.3 Å². The Bertz CT molecular complexity index is 1570. The molecule has 0 saturated carbocycles. The average Bonchev–Trinajstić information content (AvgIpc) is 2.92. The normalized spacial score (nSPS) is 11.5. The standard InChI is InChI=1S/C29H22N4O2/c1-35-25-18-11-21(12-19-25)13-20-28-30-27-10-6-5-9-26(27)29(34)33(28)24-16-14-23(15-17-24)32-31-22-7-3-2-4-8-22/h2-20H,1H3/b20-13+,32-31?. The van der Waals surface area contributed by atoms with Crippen LogP contribution in [0.15, 0.2) is 118 Å². The molecule has 0 unspecified atom stereocenters. The number of hydrogen-bond donors (Lipinski definition) is 0. The third kappa shape index (κ3) is 4.91. The zero-order valence-electron chi connectivity index (χ0n) is 19.1. The molecule has 6 nitrogen and oxygen atoms in total. The van der Waals surface area contributed by atoms with E-state index in [9.17, 15) is 4.79 Å². The van der Waals surface area contributed by atoms with Crippen molar-refractivity contribution in [3.63, 3.8) is 0 Å². The summed E-state index contributed by atoms with van der Waals surface area (Å²) in [5, 5.41) is 9.11. The minimum absolute atomic E-state index is 0.136. The van der Waals surface area contributed by atoms with Crippen LogP contribution in [-0.4, -0.2) is 16.7 Å². The number of aromatic nitrogens is 2. The highest BCUT2D eigenvalue weighted by Gasteiger charge is 2.11. The van der Waals surface area contributed by atoms with Gasteiger partial charge < -0.3 is 4.74 Å². The van der Waals surface area contributed by atoms with Gasteiger partial charge in [0, 0.05) is 0 Å². The van der Waals surface area contributed by atoms with Crippen LogP contribution in [0.4, 0.5) is 11.4 Å². The van der Waals surface area contributed by atoms with Gasteiger partial charge in [0.1, 0.15) is 11.6 Å². The third-order valence-corrected chi connectivity index (χ3v) is 5.49. The van der Waals surface area contributed by atoms with E-state index in [1.807, 2.05) is 109 Å². The Kier molecular flexibility index (Phi) is 6.26. The van der Waals surface area contributed by atoms with Crippen LogP contribution in [0.2, 0.25) is 0 Å². The molecule has 0 atom stereocenters. The maximum Gasteiger partial charge on any atom is 0.266 e. The second kappa shape index (κ2) is 9.97. The summed E-state index contributed by atoms with van der Waals surface area (Å²) < 4.78 is 6.84. The van der Waals surface area contributed by atoms with Crippen molar-refractivity contribution in [3.8, 4) is 11.4 Å². The van der Waals surface area contributed by atoms with Gasteiger partial charge in [0.05, 0.1) is 35.1 Å². The van der Waals surface area contributed by atoms with Gasteiger partial charge in [-0.05, 0) is 72.3 Å². The maximum atomic E-state index is 13.5. The van der Waals surface area contributed by atoms with E-state index in [1.54, 1.807) is 17.7 Å². The van der Waals surface area contributed by atoms with Crippen molar-refractivity contribution in [2.75, 3.05) is 7.11 Å². The molecular formula is C29H22N4O2. The fourth-order valence-electron chi connectivity index (χ4n) is 3.68. The predicted molar refractivity (Wildman–Crippen MR) is 140 cm³/mol. The van der Waals surface area contributed by atoms with Crippen molar-refractivity contribution >= 4 is 34.4 Å². The van der Waals surface area contributed by atoms with Crippen molar-refractivity contribution in [2.45, 2.75) is 0 Å². The summed E-state index contributed by atoms with van der Waals surface area (Å²) in [5.74, 6) is 1.32. The Hall–Kier alpha value is -4.84. The van der Waals surface area contributed by atoms with Crippen molar-refractivity contribution in [1.82, 2.24) is 9.55 Å². The van der Waals surface area contributed by atoms with Gasteiger partial charge in [0.2, 0.25) is 0 Å². The fourth-order valence-corrected chi connectivity index (χ4v) is 3.68. The topological polar surface area (TPSA) is 68.8 Å². The first-order valence-corrected chi connectivity index (χ1v) is 11.1. The Balaban J connectivity index is 1.54. The van der Waals surface area contributed by atoms with Gasteiger partial charge >= 0.3 is 0 Å². The zero-order valence-corrected chi connectivity index (χ0v) is 19.1. The maximum absolute atomic E-state index is 13.5. The Morgan fingerprint density at radius 3 is 2.11 bits per heavy atom. The smallest absolute Gasteiger partial charge is 0.266 e. The molecule has 0 radical (unpaired) electrons. The van der Waals surface area contributed by atoms with E-state index in [1.165, 1.54) is 0 Å². The minimum atomic E-state index is -0.136. The van der Waals surface area contributed by atoms with Crippen LogP contribution in [0, 0.1) is 0 Å². The summed E-state index contributed by atoms with van der Waals surface area (Å²) in [5.41, 5.74) is 3.64. The molecule has 0 aliphatic carbocycles. The number of azo groups is 1. The van der Waals surface area contributed by atoms with Gasteiger partial charge in [-0.2, -0.15) is 10.2 Å². The first-order chi connectivity index (χ1) is 17.2. The van der Waals surface area contributed by atoms with Crippen LogP contribution in [0.25, 0.3) is 28.7 Å². The number of hydrogen-bond acceptors (Lipinski definition) is 5. The van der Waals surface area contributed by atoms with Crippen molar-refractivity contribution in [1.29, 1.82) is 0 Å². The quantitative estimate of drug-likeness (QED) is 0.258. The van der Waals surface area contributed by atoms with Crippen LogP contribution in [0.3, 0.4) is 0 Å². The summed E-state index contributed by atoms with van der Waals surface area (Å²) in [6, 6.07) is 31.9. The van der Waals surface area contributed by atoms with E-state index in [-0.39, 0.29) is 5.56 Å². The zero-order chi connectivity index (χ0) is 24.0. The van der Waals surface area contributed by atoms with E-state index in [0.29, 0.717) is 28.1 Å². The molecule has 4 aromatic carbocycles. The Labute approximate surface area is 202 Å². The van der Waals surface area contributed by atoms with Crippen molar-refractivity contribution in [3.05, 3.63) is 125 Å². The van der Waals surface area contributed by atoms with Crippen LogP contribution in [0.5, 0.6) is 5.75 Å². The minimum Gasteiger partial charge on any atom is -0.497 e. The Morgan fingerprint density at radius 2 is 1.40 bits per heavy atom. The molecule has 6 heteroatoms. The third-order valence-electron chi connectivity index (χ3n) is 5.49. The van der Waals surface area contributed by atoms with E-state index >= 15 is 0 Å². The highest BCUT2D eigenvalue weighted by atomic mass is 16.5. The molecule has 1 aromatic heterocycles. The molecule has 0 saturated heterocycles. The molecule has 0 N–H and O–H groups in total. The number of benzene rings is 4. The highest BCUT2D eigenvalue weighted by molar-refractivity contribution is 5.80. The van der Waals surface area contributed by atoms with Crippen LogP contribution in [-0.2, 0) is 0 Å². The predicted octanol–water partition coefficient (Wildman–Crippen LogP) is 6.98. The van der Waals surface area contributed by atoms with Crippen LogP contribution in [0.1, 0.15) is 11.4 Å². The van der Waals surface area contributed by atoms with Gasteiger partial charge in [0.25, 0.3) is 5.56 Å². The number of ether oxygens (including phenoxy) is 1. The number of methoxy groups -OCH3 is 1. The molecule has 5 rings (SSSR count). The van der Waals surface area contributed by atoms with Crippen molar-refractivity contribution in [2.24, 2.45) is 10.2 Å². The average molecular weight is 459 g/mol.